The third-order valence-electron chi connectivity index (χ3n) is 3.45. The number of aryl methyl sites for hydroxylation is 1. The van der Waals surface area contributed by atoms with Gasteiger partial charge in [-0.05, 0) is 37.1 Å². The molecule has 2 heteroatoms. The molecule has 1 aliphatic rings. The normalized spacial score (nSPS) is 13.2. The van der Waals surface area contributed by atoms with Crippen LogP contribution in [0, 0.1) is 18.3 Å². The van der Waals surface area contributed by atoms with Crippen molar-refractivity contribution in [2.75, 3.05) is 11.4 Å². The second-order valence-electron chi connectivity index (χ2n) is 4.66. The fraction of sp³-hybridized carbons (Fsp3) is 0.188. The molecule has 1 aliphatic heterocycles. The first-order valence-corrected chi connectivity index (χ1v) is 6.16. The van der Waals surface area contributed by atoms with Crippen molar-refractivity contribution in [1.29, 1.82) is 5.26 Å². The monoisotopic (exact) mass is 234 g/mol. The van der Waals surface area contributed by atoms with E-state index in [1.165, 1.54) is 16.8 Å². The summed E-state index contributed by atoms with van der Waals surface area (Å²) in [7, 11) is 0. The highest BCUT2D eigenvalue weighted by molar-refractivity contribution is 5.74. The molecule has 0 atom stereocenters. The molecule has 2 aromatic carbocycles. The lowest BCUT2D eigenvalue weighted by atomic mass is 10.1. The molecule has 0 bridgehead atoms. The van der Waals surface area contributed by atoms with E-state index in [1.807, 2.05) is 24.3 Å². The predicted octanol–water partition coefficient (Wildman–Crippen LogP) is 3.56. The molecule has 18 heavy (non-hydrogen) atoms. The van der Waals surface area contributed by atoms with Gasteiger partial charge in [-0.3, -0.25) is 0 Å². The van der Waals surface area contributed by atoms with Crippen molar-refractivity contribution >= 4 is 11.4 Å². The predicted molar refractivity (Wildman–Crippen MR) is 73.0 cm³/mol. The highest BCUT2D eigenvalue weighted by Crippen LogP contribution is 2.36. The van der Waals surface area contributed by atoms with Gasteiger partial charge in [-0.25, -0.2) is 0 Å². The van der Waals surface area contributed by atoms with Crippen LogP contribution >= 0.6 is 0 Å². The maximum absolute atomic E-state index is 9.19. The summed E-state index contributed by atoms with van der Waals surface area (Å²) < 4.78 is 0. The van der Waals surface area contributed by atoms with Gasteiger partial charge >= 0.3 is 0 Å². The van der Waals surface area contributed by atoms with Crippen molar-refractivity contribution in [3.63, 3.8) is 0 Å². The van der Waals surface area contributed by atoms with Crippen LogP contribution in [0.1, 0.15) is 16.7 Å². The Morgan fingerprint density at radius 1 is 1.11 bits per heavy atom. The van der Waals surface area contributed by atoms with Gasteiger partial charge < -0.3 is 4.90 Å². The van der Waals surface area contributed by atoms with E-state index in [0.29, 0.717) is 0 Å². The molecule has 0 saturated carbocycles. The topological polar surface area (TPSA) is 27.0 Å². The Labute approximate surface area is 107 Å². The van der Waals surface area contributed by atoms with Crippen LogP contribution in [0.5, 0.6) is 0 Å². The number of nitrogens with zero attached hydrogens (tertiary/aromatic N) is 2. The van der Waals surface area contributed by atoms with Crippen LogP contribution in [0.2, 0.25) is 0 Å². The van der Waals surface area contributed by atoms with E-state index >= 15 is 0 Å². The Balaban J connectivity index is 2.10. The molecular weight excluding hydrogens is 220 g/mol. The second kappa shape index (κ2) is 4.19. The molecule has 0 aromatic heterocycles. The van der Waals surface area contributed by atoms with Gasteiger partial charge in [-0.1, -0.05) is 29.8 Å². The van der Waals surface area contributed by atoms with Crippen molar-refractivity contribution in [3.8, 4) is 6.07 Å². The lowest BCUT2D eigenvalue weighted by molar-refractivity contribution is 0.996. The molecule has 0 saturated heterocycles. The minimum absolute atomic E-state index is 0.742. The number of hydrogen-bond acceptors (Lipinski definition) is 2. The van der Waals surface area contributed by atoms with Gasteiger partial charge in [-0.2, -0.15) is 5.26 Å². The van der Waals surface area contributed by atoms with Gasteiger partial charge in [0.2, 0.25) is 0 Å². The second-order valence-corrected chi connectivity index (χ2v) is 4.66. The van der Waals surface area contributed by atoms with Gasteiger partial charge in [0.1, 0.15) is 6.07 Å². The standard InChI is InChI=1S/C16H14N2/c1-12-6-7-16-13(10-12)8-9-18(16)15-5-3-2-4-14(15)11-17/h2-7,10H,8-9H2,1H3. The van der Waals surface area contributed by atoms with E-state index in [1.54, 1.807) is 0 Å². The quantitative estimate of drug-likeness (QED) is 0.754. The van der Waals surface area contributed by atoms with Crippen LogP contribution in [0.25, 0.3) is 0 Å². The van der Waals surface area contributed by atoms with Gasteiger partial charge in [-0.15, -0.1) is 0 Å². The third kappa shape index (κ3) is 1.65. The van der Waals surface area contributed by atoms with Crippen LogP contribution in [-0.2, 0) is 6.42 Å². The molecule has 0 radical (unpaired) electrons. The Bertz CT molecular complexity index is 638. The molecule has 2 nitrogen and oxygen atoms in total. The molecular formula is C16H14N2. The molecule has 0 N–H and O–H groups in total. The van der Waals surface area contributed by atoms with Crippen LogP contribution in [0.4, 0.5) is 11.4 Å². The fourth-order valence-corrected chi connectivity index (χ4v) is 2.58. The number of rotatable bonds is 1. The van der Waals surface area contributed by atoms with Crippen LogP contribution in [0.15, 0.2) is 42.5 Å². The SMILES string of the molecule is Cc1ccc2c(c1)CCN2c1ccccc1C#N. The summed E-state index contributed by atoms with van der Waals surface area (Å²) in [5, 5.41) is 9.19. The molecule has 2 aromatic rings. The van der Waals surface area contributed by atoms with Crippen molar-refractivity contribution in [2.45, 2.75) is 13.3 Å². The third-order valence-corrected chi connectivity index (χ3v) is 3.45. The number of anilines is 2. The maximum Gasteiger partial charge on any atom is 0.101 e. The minimum Gasteiger partial charge on any atom is -0.340 e. The van der Waals surface area contributed by atoms with E-state index in [9.17, 15) is 5.26 Å². The first kappa shape index (κ1) is 10.9. The summed E-state index contributed by atoms with van der Waals surface area (Å²) in [4.78, 5) is 2.24. The molecule has 3 rings (SSSR count). The summed E-state index contributed by atoms with van der Waals surface area (Å²) in [5.74, 6) is 0. The van der Waals surface area contributed by atoms with Crippen LogP contribution in [0.3, 0.4) is 0 Å². The highest BCUT2D eigenvalue weighted by Gasteiger charge is 2.21. The molecule has 1 heterocycles. The number of benzene rings is 2. The zero-order valence-electron chi connectivity index (χ0n) is 10.4. The molecule has 0 amide bonds. The lowest BCUT2D eigenvalue weighted by Gasteiger charge is -2.20. The van der Waals surface area contributed by atoms with Crippen molar-refractivity contribution in [3.05, 3.63) is 59.2 Å². The molecule has 88 valence electrons. The summed E-state index contributed by atoms with van der Waals surface area (Å²) in [6, 6.07) is 16.6. The van der Waals surface area contributed by atoms with E-state index in [-0.39, 0.29) is 0 Å². The maximum atomic E-state index is 9.19. The first-order valence-electron chi connectivity index (χ1n) is 6.16. The molecule has 0 fully saturated rings. The van der Waals surface area contributed by atoms with E-state index in [0.717, 1.165) is 24.2 Å². The fourth-order valence-electron chi connectivity index (χ4n) is 2.58. The molecule has 0 aliphatic carbocycles. The summed E-state index contributed by atoms with van der Waals surface area (Å²) >= 11 is 0. The Hall–Kier alpha value is -2.27. The Morgan fingerprint density at radius 2 is 1.94 bits per heavy atom. The van der Waals surface area contributed by atoms with E-state index in [2.05, 4.69) is 36.1 Å². The number of hydrogen-bond donors (Lipinski definition) is 0. The van der Waals surface area contributed by atoms with Crippen LogP contribution < -0.4 is 4.90 Å². The zero-order valence-corrected chi connectivity index (χ0v) is 10.4. The van der Waals surface area contributed by atoms with E-state index in [4.69, 9.17) is 0 Å². The van der Waals surface area contributed by atoms with Gasteiger partial charge in [0.25, 0.3) is 0 Å². The van der Waals surface area contributed by atoms with Crippen molar-refractivity contribution in [1.82, 2.24) is 0 Å². The molecule has 0 unspecified atom stereocenters. The van der Waals surface area contributed by atoms with Crippen LogP contribution in [-0.4, -0.2) is 6.54 Å². The van der Waals surface area contributed by atoms with Gasteiger partial charge in [0.15, 0.2) is 0 Å². The van der Waals surface area contributed by atoms with Crippen molar-refractivity contribution in [2.24, 2.45) is 0 Å². The van der Waals surface area contributed by atoms with Gasteiger partial charge in [0, 0.05) is 12.2 Å². The molecule has 0 spiro atoms. The summed E-state index contributed by atoms with van der Waals surface area (Å²) in [6.07, 6.45) is 1.05. The Morgan fingerprint density at radius 3 is 2.78 bits per heavy atom. The average molecular weight is 234 g/mol. The lowest BCUT2D eigenvalue weighted by Crippen LogP contribution is -2.14. The van der Waals surface area contributed by atoms with E-state index < -0.39 is 0 Å². The minimum atomic E-state index is 0.742. The van der Waals surface area contributed by atoms with Crippen molar-refractivity contribution < 1.29 is 0 Å². The largest absolute Gasteiger partial charge is 0.340 e. The zero-order chi connectivity index (χ0) is 12.5. The smallest absolute Gasteiger partial charge is 0.101 e. The Kier molecular flexibility index (Phi) is 2.53. The highest BCUT2D eigenvalue weighted by atomic mass is 15.2. The summed E-state index contributed by atoms with van der Waals surface area (Å²) in [6.45, 7) is 3.07. The number of para-hydroxylation sites is 1. The number of fused-ring (bicyclic) bond motifs is 1. The van der Waals surface area contributed by atoms with Gasteiger partial charge in [0.05, 0.1) is 11.3 Å². The summed E-state index contributed by atoms with van der Waals surface area (Å²) in [5.41, 5.74) is 5.67. The first-order chi connectivity index (χ1) is 8.79. The number of nitriles is 1. The average Bonchev–Trinajstić information content (AvgIpc) is 2.81.